The number of aliphatic imine (C=N–C) groups is 1. The number of hydrogen-bond donors (Lipinski definition) is 2. The Morgan fingerprint density at radius 3 is 3.22 bits per heavy atom. The van der Waals surface area contributed by atoms with Crippen LogP contribution in [0.3, 0.4) is 0 Å². The summed E-state index contributed by atoms with van der Waals surface area (Å²) in [4.78, 5) is 4.18. The maximum atomic E-state index is 5.21. The quantitative estimate of drug-likeness (QED) is 0.396. The lowest BCUT2D eigenvalue weighted by atomic mass is 10.2. The van der Waals surface area contributed by atoms with Crippen LogP contribution >= 0.6 is 0 Å². The molecule has 0 aromatic heterocycles. The molecule has 0 amide bonds. The molecule has 0 aliphatic carbocycles. The third-order valence-corrected chi connectivity index (χ3v) is 1.54. The normalized spacial score (nSPS) is 27.9. The van der Waals surface area contributed by atoms with Gasteiger partial charge in [-0.25, -0.2) is 5.43 Å². The van der Waals surface area contributed by atoms with Crippen molar-refractivity contribution in [3.05, 3.63) is 0 Å². The van der Waals surface area contributed by atoms with E-state index in [0.29, 0.717) is 0 Å². The predicted molar refractivity (Wildman–Crippen MR) is 38.1 cm³/mol. The van der Waals surface area contributed by atoms with Crippen LogP contribution in [0.1, 0.15) is 25.7 Å². The highest BCUT2D eigenvalue weighted by molar-refractivity contribution is 5.57. The zero-order valence-electron chi connectivity index (χ0n) is 5.51. The number of nitrogens with one attached hydrogen (secondary N) is 1. The fraction of sp³-hybridized carbons (Fsp3) is 0.833. The van der Waals surface area contributed by atoms with Crippen molar-refractivity contribution in [3.63, 3.8) is 0 Å². The minimum atomic E-state index is 0.174. The van der Waals surface area contributed by atoms with Crippen molar-refractivity contribution in [2.24, 2.45) is 10.8 Å². The average Bonchev–Trinajstić information content (AvgIpc) is 2.13. The number of hydrazine groups is 1. The van der Waals surface area contributed by atoms with E-state index in [2.05, 4.69) is 10.4 Å². The number of hydrogen-bond acceptors (Lipinski definition) is 3. The molecule has 0 aromatic rings. The van der Waals surface area contributed by atoms with Gasteiger partial charge < -0.3 is 0 Å². The molecule has 0 saturated carbocycles. The molecule has 0 saturated heterocycles. The molecule has 1 unspecified atom stereocenters. The van der Waals surface area contributed by atoms with E-state index in [4.69, 9.17) is 5.84 Å². The van der Waals surface area contributed by atoms with Crippen LogP contribution in [-0.2, 0) is 0 Å². The third-order valence-electron chi connectivity index (χ3n) is 1.54. The van der Waals surface area contributed by atoms with Crippen LogP contribution in [0, 0.1) is 0 Å². The minimum Gasteiger partial charge on any atom is -0.278 e. The summed E-state index contributed by atoms with van der Waals surface area (Å²) < 4.78 is 0. The lowest BCUT2D eigenvalue weighted by molar-refractivity contribution is 0.502. The molecule has 3 nitrogen and oxygen atoms in total. The molecule has 1 rings (SSSR count). The standard InChI is InChI=1S/C6H13N3/c7-9-6-4-2-1-3-5-8-6/h5-6,9H,1-4,7H2. The van der Waals surface area contributed by atoms with Gasteiger partial charge in [0.15, 0.2) is 0 Å². The summed E-state index contributed by atoms with van der Waals surface area (Å²) >= 11 is 0. The Bertz CT molecular complexity index is 100. The van der Waals surface area contributed by atoms with E-state index >= 15 is 0 Å². The fourth-order valence-electron chi connectivity index (χ4n) is 0.976. The highest BCUT2D eigenvalue weighted by Gasteiger charge is 2.03. The van der Waals surface area contributed by atoms with Gasteiger partial charge in [0.2, 0.25) is 0 Å². The van der Waals surface area contributed by atoms with Crippen molar-refractivity contribution >= 4 is 6.21 Å². The molecule has 0 bridgehead atoms. The van der Waals surface area contributed by atoms with Gasteiger partial charge >= 0.3 is 0 Å². The van der Waals surface area contributed by atoms with E-state index in [1.807, 2.05) is 6.21 Å². The van der Waals surface area contributed by atoms with Crippen molar-refractivity contribution in [1.82, 2.24) is 5.43 Å². The molecule has 0 fully saturated rings. The van der Waals surface area contributed by atoms with Crippen molar-refractivity contribution in [2.75, 3.05) is 0 Å². The second-order valence-corrected chi connectivity index (χ2v) is 2.30. The summed E-state index contributed by atoms with van der Waals surface area (Å²) in [6.45, 7) is 0. The van der Waals surface area contributed by atoms with Gasteiger partial charge in [0.1, 0.15) is 6.17 Å². The summed E-state index contributed by atoms with van der Waals surface area (Å²) in [5.41, 5.74) is 2.65. The SMILES string of the molecule is NNC1CCCCC=N1. The predicted octanol–water partition coefficient (Wildman–Crippen LogP) is 0.421. The first-order chi connectivity index (χ1) is 4.43. The van der Waals surface area contributed by atoms with Gasteiger partial charge in [-0.05, 0) is 25.7 Å². The van der Waals surface area contributed by atoms with Crippen LogP contribution in [-0.4, -0.2) is 12.4 Å². The summed E-state index contributed by atoms with van der Waals surface area (Å²) in [5, 5.41) is 0. The molecule has 52 valence electrons. The van der Waals surface area contributed by atoms with Gasteiger partial charge in [0.25, 0.3) is 0 Å². The Morgan fingerprint density at radius 1 is 1.56 bits per heavy atom. The van der Waals surface area contributed by atoms with Crippen LogP contribution in [0.4, 0.5) is 0 Å². The number of rotatable bonds is 1. The van der Waals surface area contributed by atoms with Gasteiger partial charge in [-0.2, -0.15) is 0 Å². The molecular weight excluding hydrogens is 114 g/mol. The van der Waals surface area contributed by atoms with E-state index in [0.717, 1.165) is 12.8 Å². The van der Waals surface area contributed by atoms with Crippen LogP contribution < -0.4 is 11.3 Å². The molecule has 3 heteroatoms. The van der Waals surface area contributed by atoms with Crippen molar-refractivity contribution in [1.29, 1.82) is 0 Å². The molecule has 0 radical (unpaired) electrons. The molecule has 0 aromatic carbocycles. The van der Waals surface area contributed by atoms with Crippen LogP contribution in [0.5, 0.6) is 0 Å². The van der Waals surface area contributed by atoms with E-state index in [9.17, 15) is 0 Å². The van der Waals surface area contributed by atoms with Gasteiger partial charge in [0.05, 0.1) is 0 Å². The zero-order chi connectivity index (χ0) is 6.53. The Hall–Kier alpha value is -0.410. The highest BCUT2D eigenvalue weighted by Crippen LogP contribution is 2.06. The summed E-state index contributed by atoms with van der Waals surface area (Å²) in [5.74, 6) is 5.21. The van der Waals surface area contributed by atoms with Gasteiger partial charge in [-0.3, -0.25) is 10.8 Å². The lowest BCUT2D eigenvalue weighted by Gasteiger charge is -2.06. The Morgan fingerprint density at radius 2 is 2.44 bits per heavy atom. The molecule has 9 heavy (non-hydrogen) atoms. The summed E-state index contributed by atoms with van der Waals surface area (Å²) in [6, 6.07) is 0. The second kappa shape index (κ2) is 3.58. The summed E-state index contributed by atoms with van der Waals surface area (Å²) in [7, 11) is 0. The molecule has 1 aliphatic heterocycles. The smallest absolute Gasteiger partial charge is 0.111 e. The summed E-state index contributed by atoms with van der Waals surface area (Å²) in [6.07, 6.45) is 6.80. The van der Waals surface area contributed by atoms with Gasteiger partial charge in [-0.15, -0.1) is 0 Å². The Kier molecular flexibility index (Phi) is 2.67. The van der Waals surface area contributed by atoms with Crippen molar-refractivity contribution < 1.29 is 0 Å². The fourth-order valence-corrected chi connectivity index (χ4v) is 0.976. The van der Waals surface area contributed by atoms with Crippen LogP contribution in [0.2, 0.25) is 0 Å². The molecule has 0 spiro atoms. The maximum absolute atomic E-state index is 5.21. The second-order valence-electron chi connectivity index (χ2n) is 2.30. The van der Waals surface area contributed by atoms with E-state index in [-0.39, 0.29) is 6.17 Å². The molecular formula is C6H13N3. The number of nitrogens with zero attached hydrogens (tertiary/aromatic N) is 1. The largest absolute Gasteiger partial charge is 0.278 e. The molecule has 1 atom stereocenters. The first kappa shape index (κ1) is 6.71. The van der Waals surface area contributed by atoms with E-state index in [1.165, 1.54) is 12.8 Å². The zero-order valence-corrected chi connectivity index (χ0v) is 5.51. The third kappa shape index (κ3) is 2.11. The minimum absolute atomic E-state index is 0.174. The van der Waals surface area contributed by atoms with E-state index in [1.54, 1.807) is 0 Å². The van der Waals surface area contributed by atoms with Gasteiger partial charge in [0, 0.05) is 6.21 Å². The monoisotopic (exact) mass is 127 g/mol. The maximum Gasteiger partial charge on any atom is 0.111 e. The number of nitrogens with two attached hydrogens (primary N) is 1. The topological polar surface area (TPSA) is 50.4 Å². The van der Waals surface area contributed by atoms with Crippen LogP contribution in [0.25, 0.3) is 0 Å². The first-order valence-electron chi connectivity index (χ1n) is 3.41. The van der Waals surface area contributed by atoms with E-state index < -0.39 is 0 Å². The lowest BCUT2D eigenvalue weighted by Crippen LogP contribution is -2.33. The Balaban J connectivity index is 2.33. The Labute approximate surface area is 55.3 Å². The van der Waals surface area contributed by atoms with Crippen molar-refractivity contribution in [2.45, 2.75) is 31.8 Å². The van der Waals surface area contributed by atoms with Crippen LogP contribution in [0.15, 0.2) is 4.99 Å². The average molecular weight is 127 g/mol. The van der Waals surface area contributed by atoms with Gasteiger partial charge in [-0.1, -0.05) is 0 Å². The highest BCUT2D eigenvalue weighted by atomic mass is 15.3. The molecule has 1 heterocycles. The molecule has 3 N–H and O–H groups in total. The first-order valence-corrected chi connectivity index (χ1v) is 3.41. The van der Waals surface area contributed by atoms with Crippen molar-refractivity contribution in [3.8, 4) is 0 Å². The molecule has 1 aliphatic rings.